The van der Waals surface area contributed by atoms with E-state index in [0.29, 0.717) is 12.3 Å². The van der Waals surface area contributed by atoms with E-state index in [1.54, 1.807) is 0 Å². The summed E-state index contributed by atoms with van der Waals surface area (Å²) >= 11 is 0. The first-order chi connectivity index (χ1) is 10.8. The number of hydrogen-bond donors (Lipinski definition) is 0. The molecule has 0 heterocycles. The summed E-state index contributed by atoms with van der Waals surface area (Å²) in [6, 6.07) is 5.85. The highest BCUT2D eigenvalue weighted by molar-refractivity contribution is 5.78. The fraction of sp³-hybridized carbons (Fsp3) is 0.632. The molecule has 3 nitrogen and oxygen atoms in total. The first-order valence-corrected chi connectivity index (χ1v) is 8.45. The van der Waals surface area contributed by atoms with Gasteiger partial charge < -0.3 is 9.64 Å². The summed E-state index contributed by atoms with van der Waals surface area (Å²) in [5, 5.41) is 0. The van der Waals surface area contributed by atoms with Crippen molar-refractivity contribution in [3.63, 3.8) is 0 Å². The molecule has 0 aliphatic rings. The third-order valence-corrected chi connectivity index (χ3v) is 4.08. The SMILES string of the molecule is CCN(C)CCC(F)C(=O)Oc1c(C(C)C)cccc1C(C)C. The molecule has 0 aliphatic carbocycles. The zero-order valence-electron chi connectivity index (χ0n) is 15.2. The van der Waals surface area contributed by atoms with Crippen LogP contribution in [0.1, 0.15) is 64.0 Å². The summed E-state index contributed by atoms with van der Waals surface area (Å²) in [5.41, 5.74) is 1.89. The lowest BCUT2D eigenvalue weighted by atomic mass is 9.94. The number of carbonyl (C=O) groups excluding carboxylic acids is 1. The topological polar surface area (TPSA) is 29.5 Å². The Bertz CT molecular complexity index is 488. The van der Waals surface area contributed by atoms with Crippen LogP contribution in [-0.2, 0) is 4.79 Å². The van der Waals surface area contributed by atoms with Gasteiger partial charge in [-0.2, -0.15) is 0 Å². The van der Waals surface area contributed by atoms with Gasteiger partial charge in [-0.15, -0.1) is 0 Å². The van der Waals surface area contributed by atoms with E-state index in [1.165, 1.54) is 0 Å². The normalized spacial score (nSPS) is 13.0. The van der Waals surface area contributed by atoms with Crippen molar-refractivity contribution in [2.75, 3.05) is 20.1 Å². The average molecular weight is 323 g/mol. The summed E-state index contributed by atoms with van der Waals surface area (Å²) < 4.78 is 19.6. The Balaban J connectivity index is 2.92. The fourth-order valence-electron chi connectivity index (χ4n) is 2.37. The van der Waals surface area contributed by atoms with Crippen molar-refractivity contribution in [2.24, 2.45) is 0 Å². The van der Waals surface area contributed by atoms with Crippen LogP contribution in [0.4, 0.5) is 4.39 Å². The number of rotatable bonds is 8. The third kappa shape index (κ3) is 5.61. The van der Waals surface area contributed by atoms with E-state index in [9.17, 15) is 9.18 Å². The van der Waals surface area contributed by atoms with Crippen LogP contribution >= 0.6 is 0 Å². The zero-order valence-corrected chi connectivity index (χ0v) is 15.2. The Labute approximate surface area is 139 Å². The molecule has 0 bridgehead atoms. The zero-order chi connectivity index (χ0) is 17.6. The van der Waals surface area contributed by atoms with E-state index in [4.69, 9.17) is 4.74 Å². The van der Waals surface area contributed by atoms with Crippen LogP contribution in [0.2, 0.25) is 0 Å². The van der Waals surface area contributed by atoms with E-state index in [-0.39, 0.29) is 18.3 Å². The third-order valence-electron chi connectivity index (χ3n) is 4.08. The monoisotopic (exact) mass is 323 g/mol. The maximum absolute atomic E-state index is 14.1. The summed E-state index contributed by atoms with van der Waals surface area (Å²) in [6.07, 6.45) is -1.44. The largest absolute Gasteiger partial charge is 0.424 e. The van der Waals surface area contributed by atoms with Gasteiger partial charge in [0.15, 0.2) is 6.17 Å². The maximum Gasteiger partial charge on any atom is 0.346 e. The number of alkyl halides is 1. The van der Waals surface area contributed by atoms with Gasteiger partial charge in [-0.3, -0.25) is 0 Å². The molecule has 0 saturated carbocycles. The van der Waals surface area contributed by atoms with Crippen molar-refractivity contribution in [1.29, 1.82) is 0 Å². The van der Waals surface area contributed by atoms with Gasteiger partial charge in [-0.1, -0.05) is 52.8 Å². The van der Waals surface area contributed by atoms with E-state index >= 15 is 0 Å². The minimum Gasteiger partial charge on any atom is -0.424 e. The van der Waals surface area contributed by atoms with Crippen LogP contribution < -0.4 is 4.74 Å². The summed E-state index contributed by atoms with van der Waals surface area (Å²) in [4.78, 5) is 14.1. The molecule has 0 radical (unpaired) electrons. The highest BCUT2D eigenvalue weighted by atomic mass is 19.1. The number of nitrogens with zero attached hydrogens (tertiary/aromatic N) is 1. The molecular formula is C19H30FNO2. The smallest absolute Gasteiger partial charge is 0.346 e. The Morgan fingerprint density at radius 1 is 1.17 bits per heavy atom. The van der Waals surface area contributed by atoms with Gasteiger partial charge in [0, 0.05) is 13.0 Å². The van der Waals surface area contributed by atoms with Crippen molar-refractivity contribution >= 4 is 5.97 Å². The van der Waals surface area contributed by atoms with Gasteiger partial charge in [-0.25, -0.2) is 9.18 Å². The van der Waals surface area contributed by atoms with Crippen molar-refractivity contribution in [3.8, 4) is 5.75 Å². The van der Waals surface area contributed by atoms with E-state index in [0.717, 1.165) is 17.7 Å². The van der Waals surface area contributed by atoms with Crippen molar-refractivity contribution in [3.05, 3.63) is 29.3 Å². The van der Waals surface area contributed by atoms with Crippen molar-refractivity contribution in [2.45, 2.75) is 59.0 Å². The summed E-state index contributed by atoms with van der Waals surface area (Å²) in [5.74, 6) is 0.167. The van der Waals surface area contributed by atoms with Gasteiger partial charge in [0.2, 0.25) is 0 Å². The lowest BCUT2D eigenvalue weighted by Crippen LogP contribution is -2.28. The number of ether oxygens (including phenoxy) is 1. The molecule has 0 fully saturated rings. The fourth-order valence-corrected chi connectivity index (χ4v) is 2.37. The molecule has 0 aromatic heterocycles. The Morgan fingerprint density at radius 2 is 1.70 bits per heavy atom. The summed E-state index contributed by atoms with van der Waals surface area (Å²) in [7, 11) is 1.91. The average Bonchev–Trinajstić information content (AvgIpc) is 2.51. The van der Waals surface area contributed by atoms with Crippen LogP contribution in [0.15, 0.2) is 18.2 Å². The molecule has 1 rings (SSSR count). The van der Waals surface area contributed by atoms with E-state index in [2.05, 4.69) is 0 Å². The first-order valence-electron chi connectivity index (χ1n) is 8.45. The molecule has 4 heteroatoms. The predicted octanol–water partition coefficient (Wildman–Crippen LogP) is 4.52. The second-order valence-corrected chi connectivity index (χ2v) is 6.65. The van der Waals surface area contributed by atoms with Gasteiger partial charge in [-0.05, 0) is 36.6 Å². The molecule has 0 spiro atoms. The molecular weight excluding hydrogens is 293 g/mol. The predicted molar refractivity (Wildman–Crippen MR) is 92.9 cm³/mol. The lowest BCUT2D eigenvalue weighted by molar-refractivity contribution is -0.140. The molecule has 0 amide bonds. The van der Waals surface area contributed by atoms with Crippen LogP contribution in [-0.4, -0.2) is 37.2 Å². The highest BCUT2D eigenvalue weighted by Gasteiger charge is 2.24. The number of benzene rings is 1. The molecule has 1 aromatic carbocycles. The number of halogens is 1. The molecule has 1 atom stereocenters. The standard InChI is InChI=1S/C19H30FNO2/c1-7-21(6)12-11-17(20)19(22)23-18-15(13(2)3)9-8-10-16(18)14(4)5/h8-10,13-14,17H,7,11-12H2,1-6H3. The number of para-hydroxylation sites is 1. The molecule has 130 valence electrons. The molecule has 1 unspecified atom stereocenters. The maximum atomic E-state index is 14.1. The lowest BCUT2D eigenvalue weighted by Gasteiger charge is -2.20. The second kappa shape index (κ2) is 9.02. The second-order valence-electron chi connectivity index (χ2n) is 6.65. The minimum absolute atomic E-state index is 0.157. The van der Waals surface area contributed by atoms with E-state index < -0.39 is 12.1 Å². The number of hydrogen-bond acceptors (Lipinski definition) is 3. The number of carbonyl (C=O) groups is 1. The number of esters is 1. The van der Waals surface area contributed by atoms with Crippen molar-refractivity contribution in [1.82, 2.24) is 4.90 Å². The van der Waals surface area contributed by atoms with E-state index in [1.807, 2.05) is 64.8 Å². The Kier molecular flexibility index (Phi) is 7.69. The van der Waals surface area contributed by atoms with Gasteiger partial charge in [0.05, 0.1) is 0 Å². The molecule has 0 N–H and O–H groups in total. The Morgan fingerprint density at radius 3 is 2.13 bits per heavy atom. The van der Waals surface area contributed by atoms with Crippen LogP contribution in [0.25, 0.3) is 0 Å². The molecule has 1 aromatic rings. The van der Waals surface area contributed by atoms with Crippen LogP contribution in [0.3, 0.4) is 0 Å². The molecule has 23 heavy (non-hydrogen) atoms. The van der Waals surface area contributed by atoms with Gasteiger partial charge in [0.1, 0.15) is 5.75 Å². The minimum atomic E-state index is -1.59. The van der Waals surface area contributed by atoms with Gasteiger partial charge >= 0.3 is 5.97 Å². The van der Waals surface area contributed by atoms with Gasteiger partial charge in [0.25, 0.3) is 0 Å². The van der Waals surface area contributed by atoms with Crippen molar-refractivity contribution < 1.29 is 13.9 Å². The van der Waals surface area contributed by atoms with Crippen LogP contribution in [0, 0.1) is 0 Å². The Hall–Kier alpha value is -1.42. The molecule has 0 aliphatic heterocycles. The highest BCUT2D eigenvalue weighted by Crippen LogP contribution is 2.34. The summed E-state index contributed by atoms with van der Waals surface area (Å²) in [6.45, 7) is 11.5. The first kappa shape index (κ1) is 19.6. The molecule has 0 saturated heterocycles. The quantitative estimate of drug-likeness (QED) is 0.520. The van der Waals surface area contributed by atoms with Crippen LogP contribution in [0.5, 0.6) is 5.75 Å².